The molecule has 0 aromatic heterocycles. The number of hydrogen-bond donors (Lipinski definition) is 4. The van der Waals surface area contributed by atoms with Crippen molar-refractivity contribution in [3.8, 4) is 0 Å². The second kappa shape index (κ2) is 5.40. The van der Waals surface area contributed by atoms with Gasteiger partial charge in [0.15, 0.2) is 11.9 Å². The topological polar surface area (TPSA) is 89.0 Å². The van der Waals surface area contributed by atoms with Crippen molar-refractivity contribution in [2.75, 3.05) is 13.6 Å². The Morgan fingerprint density at radius 2 is 2.08 bits per heavy atom. The Labute approximate surface area is 72.9 Å². The van der Waals surface area contributed by atoms with Crippen LogP contribution in [-0.2, 0) is 0 Å². The maximum Gasteiger partial charge on any atom is 0.197 e. The number of guanidine groups is 2. The molecule has 5 heteroatoms. The third kappa shape index (κ3) is 4.54. The molecule has 0 saturated carbocycles. The van der Waals surface area contributed by atoms with Gasteiger partial charge in [-0.25, -0.2) is 0 Å². The second-order valence-electron chi connectivity index (χ2n) is 2.66. The van der Waals surface area contributed by atoms with Crippen molar-refractivity contribution in [1.82, 2.24) is 10.2 Å². The molecule has 0 aliphatic rings. The number of nitrogens with two attached hydrogens (primary N) is 1. The molecular weight excluding hydrogens is 154 g/mol. The Bertz CT molecular complexity index is 165. The van der Waals surface area contributed by atoms with Crippen molar-refractivity contribution in [3.63, 3.8) is 0 Å². The van der Waals surface area contributed by atoms with E-state index in [0.717, 1.165) is 19.4 Å². The molecular formula is C7H17N5. The van der Waals surface area contributed by atoms with Crippen LogP contribution in [0.5, 0.6) is 0 Å². The molecule has 0 aromatic rings. The highest BCUT2D eigenvalue weighted by Crippen LogP contribution is 1.90. The van der Waals surface area contributed by atoms with Gasteiger partial charge in [-0.15, -0.1) is 0 Å². The monoisotopic (exact) mass is 171 g/mol. The van der Waals surface area contributed by atoms with Gasteiger partial charge in [-0.3, -0.25) is 16.1 Å². The number of hydrogen-bond acceptors (Lipinski definition) is 2. The molecule has 0 unspecified atom stereocenters. The molecule has 0 amide bonds. The summed E-state index contributed by atoms with van der Waals surface area (Å²) in [5, 5.41) is 16.7. The van der Waals surface area contributed by atoms with E-state index in [9.17, 15) is 0 Å². The van der Waals surface area contributed by atoms with Crippen molar-refractivity contribution in [3.05, 3.63) is 0 Å². The van der Waals surface area contributed by atoms with Crippen LogP contribution in [-0.4, -0.2) is 30.4 Å². The van der Waals surface area contributed by atoms with Gasteiger partial charge in [0.05, 0.1) is 0 Å². The Kier molecular flexibility index (Phi) is 4.83. The lowest BCUT2D eigenvalue weighted by Crippen LogP contribution is -2.44. The van der Waals surface area contributed by atoms with Gasteiger partial charge in [-0.1, -0.05) is 13.3 Å². The average molecular weight is 171 g/mol. The van der Waals surface area contributed by atoms with Crippen molar-refractivity contribution < 1.29 is 0 Å². The third-order valence-electron chi connectivity index (χ3n) is 1.48. The van der Waals surface area contributed by atoms with Crippen LogP contribution in [0.1, 0.15) is 19.8 Å². The molecule has 5 nitrogen and oxygen atoms in total. The molecule has 0 atom stereocenters. The SMILES string of the molecule is CCCCN(C)C(=N)NC(=N)N. The minimum Gasteiger partial charge on any atom is -0.370 e. The number of nitrogens with one attached hydrogen (secondary N) is 3. The van der Waals surface area contributed by atoms with Gasteiger partial charge >= 0.3 is 0 Å². The lowest BCUT2D eigenvalue weighted by Gasteiger charge is -2.19. The maximum absolute atomic E-state index is 7.40. The predicted molar refractivity (Wildman–Crippen MR) is 50.3 cm³/mol. The van der Waals surface area contributed by atoms with Crippen LogP contribution in [0.25, 0.3) is 0 Å². The lowest BCUT2D eigenvalue weighted by atomic mass is 10.3. The first-order valence-electron chi connectivity index (χ1n) is 3.98. The van der Waals surface area contributed by atoms with Gasteiger partial charge < -0.3 is 10.6 Å². The van der Waals surface area contributed by atoms with Gasteiger partial charge in [-0.2, -0.15) is 0 Å². The Morgan fingerprint density at radius 3 is 2.50 bits per heavy atom. The average Bonchev–Trinajstić information content (AvgIpc) is 1.98. The summed E-state index contributed by atoms with van der Waals surface area (Å²) in [6, 6.07) is 0. The highest BCUT2D eigenvalue weighted by atomic mass is 15.3. The smallest absolute Gasteiger partial charge is 0.197 e. The fourth-order valence-electron chi connectivity index (χ4n) is 0.730. The molecule has 0 fully saturated rings. The molecule has 0 spiro atoms. The standard InChI is InChI=1S/C7H17N5/c1-3-4-5-12(2)7(10)11-6(8)9/h3-5H2,1-2H3,(H5,8,9,10,11). The summed E-state index contributed by atoms with van der Waals surface area (Å²) in [4.78, 5) is 1.73. The fourth-order valence-corrected chi connectivity index (χ4v) is 0.730. The Balaban J connectivity index is 3.69. The molecule has 5 N–H and O–H groups in total. The summed E-state index contributed by atoms with van der Waals surface area (Å²) in [7, 11) is 1.80. The lowest BCUT2D eigenvalue weighted by molar-refractivity contribution is 0.471. The van der Waals surface area contributed by atoms with E-state index in [1.807, 2.05) is 0 Å². The first kappa shape index (κ1) is 10.7. The first-order valence-corrected chi connectivity index (χ1v) is 3.98. The molecule has 0 heterocycles. The highest BCUT2D eigenvalue weighted by Gasteiger charge is 2.02. The number of rotatable bonds is 3. The molecule has 0 saturated heterocycles. The molecule has 0 aromatic carbocycles. The summed E-state index contributed by atoms with van der Waals surface area (Å²) in [6.45, 7) is 2.91. The zero-order chi connectivity index (χ0) is 9.56. The van der Waals surface area contributed by atoms with E-state index >= 15 is 0 Å². The van der Waals surface area contributed by atoms with Crippen LogP contribution in [0.2, 0.25) is 0 Å². The summed E-state index contributed by atoms with van der Waals surface area (Å²) < 4.78 is 0. The summed E-state index contributed by atoms with van der Waals surface area (Å²) in [5.41, 5.74) is 5.06. The zero-order valence-electron chi connectivity index (χ0n) is 7.65. The number of nitrogens with zero attached hydrogens (tertiary/aromatic N) is 1. The van der Waals surface area contributed by atoms with E-state index < -0.39 is 0 Å². The van der Waals surface area contributed by atoms with Crippen LogP contribution >= 0.6 is 0 Å². The molecule has 0 bridgehead atoms. The molecule has 0 aliphatic carbocycles. The van der Waals surface area contributed by atoms with Gasteiger partial charge in [0.25, 0.3) is 0 Å². The second-order valence-corrected chi connectivity index (χ2v) is 2.66. The van der Waals surface area contributed by atoms with Gasteiger partial charge in [0.2, 0.25) is 0 Å². The molecule has 0 radical (unpaired) electrons. The molecule has 0 rings (SSSR count). The highest BCUT2D eigenvalue weighted by molar-refractivity contribution is 5.94. The summed E-state index contributed by atoms with van der Waals surface area (Å²) >= 11 is 0. The third-order valence-corrected chi connectivity index (χ3v) is 1.48. The minimum absolute atomic E-state index is 0.177. The fraction of sp³-hybridized carbons (Fsp3) is 0.714. The van der Waals surface area contributed by atoms with E-state index in [0.29, 0.717) is 0 Å². The van der Waals surface area contributed by atoms with Crippen LogP contribution in [0.4, 0.5) is 0 Å². The van der Waals surface area contributed by atoms with Gasteiger partial charge in [-0.05, 0) is 6.42 Å². The van der Waals surface area contributed by atoms with E-state index in [1.54, 1.807) is 11.9 Å². The molecule has 0 aliphatic heterocycles. The summed E-state index contributed by atoms with van der Waals surface area (Å²) in [6.07, 6.45) is 2.14. The predicted octanol–water partition coefficient (Wildman–Crippen LogP) is 0.136. The number of unbranched alkanes of at least 4 members (excludes halogenated alkanes) is 1. The Morgan fingerprint density at radius 1 is 1.50 bits per heavy atom. The van der Waals surface area contributed by atoms with E-state index in [2.05, 4.69) is 12.2 Å². The van der Waals surface area contributed by atoms with Crippen LogP contribution < -0.4 is 11.1 Å². The van der Waals surface area contributed by atoms with Crippen molar-refractivity contribution in [2.24, 2.45) is 5.73 Å². The molecule has 70 valence electrons. The Hall–Kier alpha value is -1.26. The normalized spacial score (nSPS) is 9.17. The van der Waals surface area contributed by atoms with Crippen LogP contribution in [0.3, 0.4) is 0 Å². The van der Waals surface area contributed by atoms with Crippen molar-refractivity contribution >= 4 is 11.9 Å². The van der Waals surface area contributed by atoms with Gasteiger partial charge in [0.1, 0.15) is 0 Å². The minimum atomic E-state index is -0.191. The molecule has 12 heavy (non-hydrogen) atoms. The van der Waals surface area contributed by atoms with E-state index in [4.69, 9.17) is 16.6 Å². The largest absolute Gasteiger partial charge is 0.370 e. The van der Waals surface area contributed by atoms with Gasteiger partial charge in [0, 0.05) is 13.6 Å². The summed E-state index contributed by atoms with van der Waals surface area (Å²) in [5.74, 6) is -0.0145. The first-order chi connectivity index (χ1) is 5.57. The zero-order valence-corrected chi connectivity index (χ0v) is 7.65. The van der Waals surface area contributed by atoms with E-state index in [-0.39, 0.29) is 11.9 Å². The maximum atomic E-state index is 7.40. The van der Waals surface area contributed by atoms with Crippen LogP contribution in [0.15, 0.2) is 0 Å². The van der Waals surface area contributed by atoms with Crippen molar-refractivity contribution in [2.45, 2.75) is 19.8 Å². The van der Waals surface area contributed by atoms with Crippen LogP contribution in [0, 0.1) is 10.8 Å². The van der Waals surface area contributed by atoms with E-state index in [1.165, 1.54) is 0 Å². The quantitative estimate of drug-likeness (QED) is 0.359. The van der Waals surface area contributed by atoms with Crippen molar-refractivity contribution in [1.29, 1.82) is 10.8 Å².